The Kier molecular flexibility index (Phi) is 8.88. The SMILES string of the molecule is c1ccc(-c2ccc(-c3ccccc3N(c3ccc4c(c3)-c3ccccc3C43c4ccccc4Oc4cc5ccccc5cc43)c3ccc4c(c3)C3(c5ccccc5Oc5ccccc53)c3ccccc3-4)cc2)cc1. The van der Waals surface area contributed by atoms with E-state index in [-0.39, 0.29) is 0 Å². The highest BCUT2D eigenvalue weighted by Gasteiger charge is 2.53. The van der Waals surface area contributed by atoms with Crippen LogP contribution in [0.4, 0.5) is 17.1 Å². The number of fused-ring (bicyclic) bond motifs is 19. The summed E-state index contributed by atoms with van der Waals surface area (Å²) >= 11 is 0. The van der Waals surface area contributed by atoms with E-state index in [1.54, 1.807) is 0 Å². The van der Waals surface area contributed by atoms with E-state index >= 15 is 0 Å². The highest BCUT2D eigenvalue weighted by atomic mass is 16.5. The van der Waals surface area contributed by atoms with Crippen LogP contribution < -0.4 is 14.4 Å². The first-order chi connectivity index (χ1) is 37.2. The fourth-order valence-corrected chi connectivity index (χ4v) is 13.5. The monoisotopic (exact) mass is 955 g/mol. The van der Waals surface area contributed by atoms with Crippen molar-refractivity contribution in [2.75, 3.05) is 4.90 Å². The lowest BCUT2D eigenvalue weighted by molar-refractivity contribution is 0.436. The van der Waals surface area contributed by atoms with Crippen LogP contribution in [0.1, 0.15) is 44.5 Å². The summed E-state index contributed by atoms with van der Waals surface area (Å²) in [4.78, 5) is 2.50. The minimum Gasteiger partial charge on any atom is -0.457 e. The summed E-state index contributed by atoms with van der Waals surface area (Å²) in [5.41, 5.74) is 21.0. The Labute approximate surface area is 435 Å². The molecule has 2 aliphatic heterocycles. The van der Waals surface area contributed by atoms with Crippen LogP contribution in [0.5, 0.6) is 23.0 Å². The molecule has 12 aromatic carbocycles. The van der Waals surface area contributed by atoms with Gasteiger partial charge in [0, 0.05) is 39.2 Å². The Balaban J connectivity index is 0.960. The third kappa shape index (κ3) is 5.81. The molecule has 350 valence electrons. The molecule has 2 spiro atoms. The van der Waals surface area contributed by atoms with Gasteiger partial charge in [0.25, 0.3) is 0 Å². The van der Waals surface area contributed by atoms with Crippen LogP contribution >= 0.6 is 0 Å². The van der Waals surface area contributed by atoms with Gasteiger partial charge < -0.3 is 14.4 Å². The lowest BCUT2D eigenvalue weighted by atomic mass is 9.66. The zero-order valence-electron chi connectivity index (χ0n) is 40.7. The molecule has 4 aliphatic rings. The van der Waals surface area contributed by atoms with Crippen molar-refractivity contribution in [1.29, 1.82) is 0 Å². The van der Waals surface area contributed by atoms with E-state index in [4.69, 9.17) is 9.47 Å². The second-order valence-electron chi connectivity index (χ2n) is 20.2. The van der Waals surface area contributed by atoms with Gasteiger partial charge in [-0.3, -0.25) is 0 Å². The number of para-hydroxylation sites is 4. The first-order valence-electron chi connectivity index (χ1n) is 25.9. The van der Waals surface area contributed by atoms with Crippen LogP contribution in [0.15, 0.2) is 273 Å². The minimum absolute atomic E-state index is 0.628. The molecule has 0 bridgehead atoms. The molecular formula is C72H45NO2. The van der Waals surface area contributed by atoms with Gasteiger partial charge in [0.2, 0.25) is 0 Å². The number of benzene rings is 12. The molecular weight excluding hydrogens is 911 g/mol. The molecule has 1 atom stereocenters. The number of nitrogens with zero attached hydrogens (tertiary/aromatic N) is 1. The van der Waals surface area contributed by atoms with Gasteiger partial charge in [-0.1, -0.05) is 212 Å². The fraction of sp³-hybridized carbons (Fsp3) is 0.0278. The summed E-state index contributed by atoms with van der Waals surface area (Å²) in [5.74, 6) is 3.52. The summed E-state index contributed by atoms with van der Waals surface area (Å²) in [6, 6.07) is 100. The van der Waals surface area contributed by atoms with E-state index in [1.807, 2.05) is 0 Å². The summed E-state index contributed by atoms with van der Waals surface area (Å²) in [6.07, 6.45) is 0. The predicted molar refractivity (Wildman–Crippen MR) is 304 cm³/mol. The fourth-order valence-electron chi connectivity index (χ4n) is 13.5. The minimum atomic E-state index is -0.636. The molecule has 0 radical (unpaired) electrons. The summed E-state index contributed by atoms with van der Waals surface area (Å²) in [7, 11) is 0. The quantitative estimate of drug-likeness (QED) is 0.172. The summed E-state index contributed by atoms with van der Waals surface area (Å²) in [5, 5.41) is 2.34. The van der Waals surface area contributed by atoms with Crippen molar-refractivity contribution >= 4 is 27.8 Å². The van der Waals surface area contributed by atoms with Gasteiger partial charge in [0.05, 0.1) is 16.5 Å². The molecule has 16 rings (SSSR count). The Morgan fingerprint density at radius 2 is 0.680 bits per heavy atom. The summed E-state index contributed by atoms with van der Waals surface area (Å²) in [6.45, 7) is 0. The van der Waals surface area contributed by atoms with Crippen LogP contribution in [0.3, 0.4) is 0 Å². The Morgan fingerprint density at radius 3 is 1.35 bits per heavy atom. The normalized spacial score (nSPS) is 15.3. The molecule has 0 saturated carbocycles. The molecule has 2 heterocycles. The number of ether oxygens (including phenoxy) is 2. The lowest BCUT2D eigenvalue weighted by Crippen LogP contribution is -2.32. The molecule has 0 amide bonds. The molecule has 3 nitrogen and oxygen atoms in total. The molecule has 1 unspecified atom stereocenters. The van der Waals surface area contributed by atoms with Crippen LogP contribution in [-0.2, 0) is 10.8 Å². The van der Waals surface area contributed by atoms with Crippen molar-refractivity contribution < 1.29 is 9.47 Å². The molecule has 2 aliphatic carbocycles. The number of hydrogen-bond donors (Lipinski definition) is 0. The third-order valence-corrected chi connectivity index (χ3v) is 16.6. The topological polar surface area (TPSA) is 21.7 Å². The van der Waals surface area contributed by atoms with Crippen LogP contribution in [0, 0.1) is 0 Å². The van der Waals surface area contributed by atoms with Crippen molar-refractivity contribution in [3.8, 4) is 67.5 Å². The highest BCUT2D eigenvalue weighted by Crippen LogP contribution is 2.65. The lowest BCUT2D eigenvalue weighted by Gasteiger charge is -2.40. The zero-order chi connectivity index (χ0) is 49.2. The van der Waals surface area contributed by atoms with Gasteiger partial charge in [0.1, 0.15) is 23.0 Å². The van der Waals surface area contributed by atoms with E-state index in [1.165, 1.54) is 61.0 Å². The molecule has 0 saturated heterocycles. The maximum absolute atomic E-state index is 6.90. The van der Waals surface area contributed by atoms with Gasteiger partial charge in [-0.2, -0.15) is 0 Å². The Morgan fingerprint density at radius 1 is 0.240 bits per heavy atom. The number of rotatable bonds is 5. The van der Waals surface area contributed by atoms with Gasteiger partial charge in [-0.05, 0) is 133 Å². The van der Waals surface area contributed by atoms with E-state index in [9.17, 15) is 0 Å². The first-order valence-corrected chi connectivity index (χ1v) is 25.9. The average Bonchev–Trinajstić information content (AvgIpc) is 3.96. The van der Waals surface area contributed by atoms with Crippen molar-refractivity contribution in [2.45, 2.75) is 10.8 Å². The van der Waals surface area contributed by atoms with Gasteiger partial charge >= 0.3 is 0 Å². The number of hydrogen-bond acceptors (Lipinski definition) is 3. The van der Waals surface area contributed by atoms with Gasteiger partial charge in [0.15, 0.2) is 0 Å². The molecule has 0 fully saturated rings. The first kappa shape index (κ1) is 41.9. The average molecular weight is 956 g/mol. The zero-order valence-corrected chi connectivity index (χ0v) is 40.7. The van der Waals surface area contributed by atoms with Crippen molar-refractivity contribution in [3.63, 3.8) is 0 Å². The third-order valence-electron chi connectivity index (χ3n) is 16.6. The molecule has 0 N–H and O–H groups in total. The number of anilines is 3. The summed E-state index contributed by atoms with van der Waals surface area (Å²) < 4.78 is 13.7. The van der Waals surface area contributed by atoms with Gasteiger partial charge in [-0.15, -0.1) is 0 Å². The van der Waals surface area contributed by atoms with Crippen molar-refractivity contribution in [1.82, 2.24) is 0 Å². The standard InChI is InChI=1S/C72H45NO2/c1-2-18-46(19-3-1)47-34-36-48(37-35-47)53-22-8-14-30-66(53)73(52-38-40-56-54-23-6-9-25-58(54)72(64(56)45-52)62-28-12-15-31-67(62)74-68-32-16-13-29-63(68)72)51-39-41-60-57(44-51)55-24-7-10-26-59(55)71(60)61-27-11-17-33-69(61)75-70-43-50-21-5-4-20-49(50)42-65(70)71/h1-45H. The predicted octanol–water partition coefficient (Wildman–Crippen LogP) is 18.6. The largest absolute Gasteiger partial charge is 0.457 e. The Bertz CT molecular complexity index is 4280. The van der Waals surface area contributed by atoms with E-state index in [2.05, 4.69) is 278 Å². The molecule has 12 aromatic rings. The second-order valence-corrected chi connectivity index (χ2v) is 20.2. The highest BCUT2D eigenvalue weighted by molar-refractivity contribution is 5.97. The van der Waals surface area contributed by atoms with Gasteiger partial charge in [-0.25, -0.2) is 0 Å². The molecule has 3 heteroatoms. The van der Waals surface area contributed by atoms with E-state index in [0.717, 1.165) is 78.8 Å². The maximum atomic E-state index is 6.90. The van der Waals surface area contributed by atoms with Crippen LogP contribution in [0.2, 0.25) is 0 Å². The van der Waals surface area contributed by atoms with Crippen LogP contribution in [-0.4, -0.2) is 0 Å². The van der Waals surface area contributed by atoms with Crippen molar-refractivity contribution in [2.24, 2.45) is 0 Å². The van der Waals surface area contributed by atoms with E-state index in [0.29, 0.717) is 0 Å². The van der Waals surface area contributed by atoms with Crippen LogP contribution in [0.25, 0.3) is 55.3 Å². The van der Waals surface area contributed by atoms with E-state index < -0.39 is 10.8 Å². The smallest absolute Gasteiger partial charge is 0.132 e. The van der Waals surface area contributed by atoms with Crippen molar-refractivity contribution in [3.05, 3.63) is 317 Å². The Hall–Kier alpha value is -9.70. The molecule has 75 heavy (non-hydrogen) atoms. The molecule has 0 aromatic heterocycles. The second kappa shape index (κ2) is 15.9. The maximum Gasteiger partial charge on any atom is 0.132 e.